The van der Waals surface area contributed by atoms with Crippen molar-refractivity contribution in [2.75, 3.05) is 18.1 Å². The highest BCUT2D eigenvalue weighted by molar-refractivity contribution is 5.34. The molecule has 0 radical (unpaired) electrons. The van der Waals surface area contributed by atoms with Crippen LogP contribution in [0.1, 0.15) is 37.1 Å². The third kappa shape index (κ3) is 2.94. The van der Waals surface area contributed by atoms with Crippen molar-refractivity contribution in [2.45, 2.75) is 45.6 Å². The summed E-state index contributed by atoms with van der Waals surface area (Å²) in [5, 5.41) is 9.49. The van der Waals surface area contributed by atoms with Gasteiger partial charge in [-0.15, -0.1) is 0 Å². The summed E-state index contributed by atoms with van der Waals surface area (Å²) in [6.45, 7) is 5.12. The van der Waals surface area contributed by atoms with E-state index in [-0.39, 0.29) is 12.6 Å². The second-order valence-electron chi connectivity index (χ2n) is 4.83. The van der Waals surface area contributed by atoms with Gasteiger partial charge in [-0.3, -0.25) is 0 Å². The summed E-state index contributed by atoms with van der Waals surface area (Å²) in [5.41, 5.74) is 1.99. The zero-order valence-corrected chi connectivity index (χ0v) is 10.7. The molecule has 1 atom stereocenters. The average molecular weight is 235 g/mol. The highest BCUT2D eigenvalue weighted by Crippen LogP contribution is 2.21. The predicted octanol–water partition coefficient (Wildman–Crippen LogP) is 1.83. The molecule has 4 nitrogen and oxygen atoms in total. The lowest BCUT2D eigenvalue weighted by Crippen LogP contribution is -2.38. The molecule has 0 saturated carbocycles. The standard InChI is InChI=1S/C13H21N3O/c1-10-8-11(2)15-13(14-10)16-7-5-3-4-6-12(16)9-17/h8,12,17H,3-7,9H2,1-2H3. The normalized spacial score (nSPS) is 21.4. The van der Waals surface area contributed by atoms with E-state index in [2.05, 4.69) is 14.9 Å². The third-order valence-corrected chi connectivity index (χ3v) is 3.32. The minimum Gasteiger partial charge on any atom is -0.394 e. The first-order valence-electron chi connectivity index (χ1n) is 6.40. The van der Waals surface area contributed by atoms with Gasteiger partial charge < -0.3 is 10.0 Å². The van der Waals surface area contributed by atoms with Gasteiger partial charge in [-0.05, 0) is 32.8 Å². The van der Waals surface area contributed by atoms with Crippen molar-refractivity contribution in [2.24, 2.45) is 0 Å². The van der Waals surface area contributed by atoms with E-state index in [9.17, 15) is 5.11 Å². The number of aliphatic hydroxyl groups excluding tert-OH is 1. The van der Waals surface area contributed by atoms with Crippen LogP contribution in [0.2, 0.25) is 0 Å². The zero-order valence-electron chi connectivity index (χ0n) is 10.7. The van der Waals surface area contributed by atoms with Gasteiger partial charge in [-0.25, -0.2) is 9.97 Å². The topological polar surface area (TPSA) is 49.2 Å². The molecule has 2 rings (SSSR count). The van der Waals surface area contributed by atoms with E-state index in [1.54, 1.807) is 0 Å². The number of anilines is 1. The average Bonchev–Trinajstić information content (AvgIpc) is 2.52. The second-order valence-corrected chi connectivity index (χ2v) is 4.83. The number of nitrogens with zero attached hydrogens (tertiary/aromatic N) is 3. The molecule has 1 N–H and O–H groups in total. The Labute approximate surface area is 103 Å². The molecule has 94 valence electrons. The summed E-state index contributed by atoms with van der Waals surface area (Å²) >= 11 is 0. The van der Waals surface area contributed by atoms with Gasteiger partial charge in [0.25, 0.3) is 0 Å². The summed E-state index contributed by atoms with van der Waals surface area (Å²) in [6, 6.07) is 2.16. The van der Waals surface area contributed by atoms with Crippen LogP contribution in [-0.4, -0.2) is 34.3 Å². The molecule has 0 spiro atoms. The second kappa shape index (κ2) is 5.45. The third-order valence-electron chi connectivity index (χ3n) is 3.32. The fourth-order valence-electron chi connectivity index (χ4n) is 2.47. The smallest absolute Gasteiger partial charge is 0.226 e. The molecule has 1 aromatic rings. The first kappa shape index (κ1) is 12.3. The number of hydrogen-bond acceptors (Lipinski definition) is 4. The Morgan fingerprint density at radius 1 is 1.24 bits per heavy atom. The van der Waals surface area contributed by atoms with E-state index in [0.717, 1.165) is 36.7 Å². The van der Waals surface area contributed by atoms with E-state index >= 15 is 0 Å². The molecule has 1 aliphatic rings. The Balaban J connectivity index is 2.27. The van der Waals surface area contributed by atoms with Crippen LogP contribution in [0.4, 0.5) is 5.95 Å². The van der Waals surface area contributed by atoms with Crippen LogP contribution >= 0.6 is 0 Å². The number of aromatic nitrogens is 2. The van der Waals surface area contributed by atoms with Crippen molar-refractivity contribution in [1.82, 2.24) is 9.97 Å². The molecule has 0 aromatic carbocycles. The van der Waals surface area contributed by atoms with E-state index in [1.165, 1.54) is 12.8 Å². The van der Waals surface area contributed by atoms with Crippen LogP contribution in [0, 0.1) is 13.8 Å². The monoisotopic (exact) mass is 235 g/mol. The predicted molar refractivity (Wildman–Crippen MR) is 68.2 cm³/mol. The summed E-state index contributed by atoms with van der Waals surface area (Å²) in [5.74, 6) is 0.781. The minimum atomic E-state index is 0.179. The van der Waals surface area contributed by atoms with Crippen molar-refractivity contribution in [3.05, 3.63) is 17.5 Å². The van der Waals surface area contributed by atoms with Crippen LogP contribution in [0.5, 0.6) is 0 Å². The Hall–Kier alpha value is -1.16. The zero-order chi connectivity index (χ0) is 12.3. The molecule has 1 unspecified atom stereocenters. The molecule has 1 aromatic heterocycles. The first-order valence-corrected chi connectivity index (χ1v) is 6.40. The minimum absolute atomic E-state index is 0.179. The van der Waals surface area contributed by atoms with E-state index in [4.69, 9.17) is 0 Å². The quantitative estimate of drug-likeness (QED) is 0.849. The molecule has 0 bridgehead atoms. The van der Waals surface area contributed by atoms with Gasteiger partial charge in [0, 0.05) is 17.9 Å². The lowest BCUT2D eigenvalue weighted by atomic mass is 10.1. The van der Waals surface area contributed by atoms with Crippen LogP contribution in [0.3, 0.4) is 0 Å². The summed E-state index contributed by atoms with van der Waals surface area (Å²) in [6.07, 6.45) is 4.62. The first-order chi connectivity index (χ1) is 8.20. The maximum atomic E-state index is 9.49. The summed E-state index contributed by atoms with van der Waals surface area (Å²) in [7, 11) is 0. The van der Waals surface area contributed by atoms with Gasteiger partial charge in [0.2, 0.25) is 5.95 Å². The number of rotatable bonds is 2. The molecule has 1 fully saturated rings. The van der Waals surface area contributed by atoms with E-state index in [1.807, 2.05) is 19.9 Å². The van der Waals surface area contributed by atoms with Crippen LogP contribution in [0.15, 0.2) is 6.07 Å². The Kier molecular flexibility index (Phi) is 3.94. The molecule has 0 amide bonds. The lowest BCUT2D eigenvalue weighted by molar-refractivity contribution is 0.254. The Morgan fingerprint density at radius 2 is 1.94 bits per heavy atom. The van der Waals surface area contributed by atoms with Crippen molar-refractivity contribution in [1.29, 1.82) is 0 Å². The summed E-state index contributed by atoms with van der Waals surface area (Å²) in [4.78, 5) is 11.2. The van der Waals surface area contributed by atoms with Crippen LogP contribution in [0.25, 0.3) is 0 Å². The molecule has 17 heavy (non-hydrogen) atoms. The molecule has 2 heterocycles. The largest absolute Gasteiger partial charge is 0.394 e. The molecular formula is C13H21N3O. The highest BCUT2D eigenvalue weighted by atomic mass is 16.3. The molecule has 1 aliphatic heterocycles. The molecule has 0 aliphatic carbocycles. The van der Waals surface area contributed by atoms with Gasteiger partial charge in [-0.1, -0.05) is 12.8 Å². The highest BCUT2D eigenvalue weighted by Gasteiger charge is 2.22. The lowest BCUT2D eigenvalue weighted by Gasteiger charge is -2.28. The maximum Gasteiger partial charge on any atom is 0.226 e. The van der Waals surface area contributed by atoms with Crippen molar-refractivity contribution in [3.63, 3.8) is 0 Å². The Bertz CT molecular complexity index is 361. The number of aryl methyl sites for hydroxylation is 2. The maximum absolute atomic E-state index is 9.49. The van der Waals surface area contributed by atoms with Gasteiger partial charge in [0.1, 0.15) is 0 Å². The Morgan fingerprint density at radius 3 is 2.59 bits per heavy atom. The SMILES string of the molecule is Cc1cc(C)nc(N2CCCCCC2CO)n1. The van der Waals surface area contributed by atoms with Crippen molar-refractivity contribution >= 4 is 5.95 Å². The van der Waals surface area contributed by atoms with Gasteiger partial charge in [0.15, 0.2) is 0 Å². The number of aliphatic hydroxyl groups is 1. The molecule has 4 heteroatoms. The molecular weight excluding hydrogens is 214 g/mol. The van der Waals surface area contributed by atoms with Crippen molar-refractivity contribution in [3.8, 4) is 0 Å². The number of hydrogen-bond donors (Lipinski definition) is 1. The van der Waals surface area contributed by atoms with E-state index in [0.29, 0.717) is 0 Å². The van der Waals surface area contributed by atoms with E-state index < -0.39 is 0 Å². The fourth-order valence-corrected chi connectivity index (χ4v) is 2.47. The van der Waals surface area contributed by atoms with Crippen LogP contribution < -0.4 is 4.90 Å². The van der Waals surface area contributed by atoms with Crippen molar-refractivity contribution < 1.29 is 5.11 Å². The van der Waals surface area contributed by atoms with Gasteiger partial charge in [0.05, 0.1) is 12.6 Å². The fraction of sp³-hybridized carbons (Fsp3) is 0.692. The van der Waals surface area contributed by atoms with Gasteiger partial charge >= 0.3 is 0 Å². The molecule has 1 saturated heterocycles. The summed E-state index contributed by atoms with van der Waals surface area (Å²) < 4.78 is 0. The van der Waals surface area contributed by atoms with Gasteiger partial charge in [-0.2, -0.15) is 0 Å². The van der Waals surface area contributed by atoms with Crippen LogP contribution in [-0.2, 0) is 0 Å².